The predicted octanol–water partition coefficient (Wildman–Crippen LogP) is 19.2. The molecule has 0 amide bonds. The first-order valence-electron chi connectivity index (χ1n) is 28.3. The second kappa shape index (κ2) is 57.9. The lowest BCUT2D eigenvalue weighted by Gasteiger charge is -2.18. The molecule has 6 nitrogen and oxygen atoms in total. The minimum atomic E-state index is -0.835. The molecule has 0 spiro atoms. The standard InChI is InChI=1S/C65H102O6/c1-4-7-10-13-16-19-22-25-28-31-32-35-38-41-44-47-50-53-56-59-65(68)71-62(60-69-63(66)57-54-51-48-45-42-39-36-33-29-26-23-20-17-14-11-8-5-2)61-70-64(67)58-55-52-49-46-43-40-37-34-30-27-24-21-18-15-12-9-6-3/h8,11,16-21,25-30,32,35-37,39-41,44,46,49,62H,4-7,9-10,12-15,22-24,31,33-34,38,42-43,45,47-48,50-61H2,1-3H3/b11-8-,19-16-,20-17-,21-18-,28-25-,29-26-,30-27-,35-32-,39-36-,40-37-,44-41-,49-46-/t62-/m1/s1. The summed E-state index contributed by atoms with van der Waals surface area (Å²) in [5, 5.41) is 0. The van der Waals surface area contributed by atoms with E-state index in [9.17, 15) is 14.4 Å². The van der Waals surface area contributed by atoms with Crippen molar-refractivity contribution in [3.8, 4) is 0 Å². The van der Waals surface area contributed by atoms with E-state index >= 15 is 0 Å². The normalized spacial score (nSPS) is 13.2. The third kappa shape index (κ3) is 56.1. The van der Waals surface area contributed by atoms with Crippen LogP contribution in [0.4, 0.5) is 0 Å². The fourth-order valence-corrected chi connectivity index (χ4v) is 7.05. The van der Waals surface area contributed by atoms with E-state index < -0.39 is 6.10 Å². The molecule has 1 atom stereocenters. The summed E-state index contributed by atoms with van der Waals surface area (Å²) >= 11 is 0. The number of hydrogen-bond donors (Lipinski definition) is 0. The molecular formula is C65H102O6. The Balaban J connectivity index is 4.61. The van der Waals surface area contributed by atoms with Gasteiger partial charge in [0.1, 0.15) is 13.2 Å². The summed E-state index contributed by atoms with van der Waals surface area (Å²) in [7, 11) is 0. The highest BCUT2D eigenvalue weighted by molar-refractivity contribution is 5.71. The van der Waals surface area contributed by atoms with Gasteiger partial charge in [-0.05, 0) is 141 Å². The molecule has 0 heterocycles. The van der Waals surface area contributed by atoms with E-state index in [0.717, 1.165) is 122 Å². The number of rotatable bonds is 49. The average molecular weight is 980 g/mol. The number of unbranched alkanes of at least 4 members (excludes halogenated alkanes) is 14. The summed E-state index contributed by atoms with van der Waals surface area (Å²) < 4.78 is 16.8. The van der Waals surface area contributed by atoms with Gasteiger partial charge in [-0.2, -0.15) is 0 Å². The van der Waals surface area contributed by atoms with Crippen LogP contribution in [0.25, 0.3) is 0 Å². The minimum Gasteiger partial charge on any atom is -0.462 e. The van der Waals surface area contributed by atoms with Gasteiger partial charge in [-0.25, -0.2) is 0 Å². The zero-order chi connectivity index (χ0) is 51.4. The van der Waals surface area contributed by atoms with Crippen LogP contribution in [-0.2, 0) is 28.6 Å². The highest BCUT2D eigenvalue weighted by Crippen LogP contribution is 2.11. The molecule has 0 fully saturated rings. The summed E-state index contributed by atoms with van der Waals surface area (Å²) in [5.41, 5.74) is 0. The van der Waals surface area contributed by atoms with Gasteiger partial charge in [0.05, 0.1) is 0 Å². The van der Waals surface area contributed by atoms with Gasteiger partial charge in [0.2, 0.25) is 0 Å². The molecule has 0 aliphatic rings. The van der Waals surface area contributed by atoms with Crippen LogP contribution in [0.15, 0.2) is 146 Å². The van der Waals surface area contributed by atoms with Gasteiger partial charge >= 0.3 is 17.9 Å². The van der Waals surface area contributed by atoms with Gasteiger partial charge < -0.3 is 14.2 Å². The van der Waals surface area contributed by atoms with E-state index in [2.05, 4.69) is 167 Å². The van der Waals surface area contributed by atoms with Crippen molar-refractivity contribution in [3.63, 3.8) is 0 Å². The van der Waals surface area contributed by atoms with E-state index in [1.165, 1.54) is 51.4 Å². The van der Waals surface area contributed by atoms with Crippen LogP contribution in [0.3, 0.4) is 0 Å². The summed E-state index contributed by atoms with van der Waals surface area (Å²) in [5.74, 6) is -1.05. The first-order valence-corrected chi connectivity index (χ1v) is 28.3. The second-order valence-electron chi connectivity index (χ2n) is 18.1. The van der Waals surface area contributed by atoms with Crippen LogP contribution in [0.1, 0.15) is 226 Å². The molecule has 0 bridgehead atoms. The van der Waals surface area contributed by atoms with Crippen LogP contribution in [-0.4, -0.2) is 37.2 Å². The van der Waals surface area contributed by atoms with Crippen LogP contribution >= 0.6 is 0 Å². The zero-order valence-electron chi connectivity index (χ0n) is 45.4. The Hall–Kier alpha value is -4.71. The molecule has 71 heavy (non-hydrogen) atoms. The maximum atomic E-state index is 12.9. The molecule has 6 heteroatoms. The van der Waals surface area contributed by atoms with Gasteiger partial charge in [0, 0.05) is 19.3 Å². The highest BCUT2D eigenvalue weighted by Gasteiger charge is 2.19. The Morgan fingerprint density at radius 1 is 0.296 bits per heavy atom. The van der Waals surface area contributed by atoms with E-state index in [-0.39, 0.29) is 44.0 Å². The number of ether oxygens (including phenoxy) is 3. The average Bonchev–Trinajstić information content (AvgIpc) is 3.37. The number of carbonyl (C=O) groups excluding carboxylic acids is 3. The Labute approximate surface area is 436 Å². The van der Waals surface area contributed by atoms with Gasteiger partial charge in [0.25, 0.3) is 0 Å². The largest absolute Gasteiger partial charge is 0.462 e. The van der Waals surface area contributed by atoms with Crippen LogP contribution in [0.5, 0.6) is 0 Å². The van der Waals surface area contributed by atoms with Crippen molar-refractivity contribution in [1.82, 2.24) is 0 Å². The fourth-order valence-electron chi connectivity index (χ4n) is 7.05. The predicted molar refractivity (Wildman–Crippen MR) is 306 cm³/mol. The third-order valence-electron chi connectivity index (χ3n) is 11.3. The number of hydrogen-bond acceptors (Lipinski definition) is 6. The molecule has 0 unspecified atom stereocenters. The summed E-state index contributed by atoms with van der Waals surface area (Å²) in [6.07, 6.45) is 82.6. The van der Waals surface area contributed by atoms with Crippen molar-refractivity contribution >= 4 is 17.9 Å². The second-order valence-corrected chi connectivity index (χ2v) is 18.1. The van der Waals surface area contributed by atoms with Crippen molar-refractivity contribution in [2.45, 2.75) is 232 Å². The van der Waals surface area contributed by atoms with E-state index in [1.54, 1.807) is 0 Å². The highest BCUT2D eigenvalue weighted by atomic mass is 16.6. The topological polar surface area (TPSA) is 78.9 Å². The lowest BCUT2D eigenvalue weighted by atomic mass is 10.1. The summed E-state index contributed by atoms with van der Waals surface area (Å²) in [4.78, 5) is 38.1. The third-order valence-corrected chi connectivity index (χ3v) is 11.3. The molecule has 0 aliphatic carbocycles. The maximum Gasteiger partial charge on any atom is 0.306 e. The number of esters is 3. The molecule has 0 N–H and O–H groups in total. The van der Waals surface area contributed by atoms with Crippen LogP contribution < -0.4 is 0 Å². The van der Waals surface area contributed by atoms with Crippen LogP contribution in [0.2, 0.25) is 0 Å². The number of carbonyl (C=O) groups is 3. The van der Waals surface area contributed by atoms with Crippen molar-refractivity contribution in [1.29, 1.82) is 0 Å². The van der Waals surface area contributed by atoms with Gasteiger partial charge in [-0.15, -0.1) is 0 Å². The first-order chi connectivity index (χ1) is 35.0. The zero-order valence-corrected chi connectivity index (χ0v) is 45.4. The lowest BCUT2D eigenvalue weighted by Crippen LogP contribution is -2.30. The SMILES string of the molecule is CC/C=C\C/C=C\C/C=C\C/C=C\CCCCCCC(=O)OC[C@H](COC(=O)CCC/C=C\C/C=C\C/C=C\C/C=C\CCCCC)OC(=O)CCCCC/C=C\C/C=C\C/C=C\C/C=C\CCCCC. The maximum absolute atomic E-state index is 12.9. The Bertz CT molecular complexity index is 1590. The number of allylic oxidation sites excluding steroid dienone is 24. The van der Waals surface area contributed by atoms with Gasteiger partial charge in [0.15, 0.2) is 6.10 Å². The summed E-state index contributed by atoms with van der Waals surface area (Å²) in [6, 6.07) is 0. The fraction of sp³-hybridized carbons (Fsp3) is 0.585. The van der Waals surface area contributed by atoms with Gasteiger partial charge in [-0.3, -0.25) is 14.4 Å². The molecule has 0 saturated carbocycles. The molecule has 0 rings (SSSR count). The Kier molecular flexibility index (Phi) is 54.0. The molecule has 0 aliphatic heterocycles. The minimum absolute atomic E-state index is 0.127. The van der Waals surface area contributed by atoms with Crippen LogP contribution in [0, 0.1) is 0 Å². The van der Waals surface area contributed by atoms with E-state index in [4.69, 9.17) is 14.2 Å². The molecule has 0 saturated heterocycles. The quantitative estimate of drug-likeness (QED) is 0.0262. The first kappa shape index (κ1) is 66.3. The lowest BCUT2D eigenvalue weighted by molar-refractivity contribution is -0.167. The smallest absolute Gasteiger partial charge is 0.306 e. The van der Waals surface area contributed by atoms with Crippen molar-refractivity contribution in [2.75, 3.05) is 13.2 Å². The Morgan fingerprint density at radius 2 is 0.563 bits per heavy atom. The monoisotopic (exact) mass is 979 g/mol. The van der Waals surface area contributed by atoms with E-state index in [0.29, 0.717) is 19.3 Å². The van der Waals surface area contributed by atoms with Crippen molar-refractivity contribution < 1.29 is 28.6 Å². The molecule has 398 valence electrons. The van der Waals surface area contributed by atoms with Crippen molar-refractivity contribution in [3.05, 3.63) is 146 Å². The molecular weight excluding hydrogens is 877 g/mol. The molecule has 0 aromatic heterocycles. The molecule has 0 aromatic carbocycles. The van der Waals surface area contributed by atoms with Crippen molar-refractivity contribution in [2.24, 2.45) is 0 Å². The molecule has 0 aromatic rings. The van der Waals surface area contributed by atoms with E-state index in [1.807, 2.05) is 0 Å². The summed E-state index contributed by atoms with van der Waals surface area (Å²) in [6.45, 7) is 6.36. The molecule has 0 radical (unpaired) electrons. The Morgan fingerprint density at radius 3 is 0.915 bits per heavy atom. The van der Waals surface area contributed by atoms with Gasteiger partial charge in [-0.1, -0.05) is 212 Å².